The van der Waals surface area contributed by atoms with Gasteiger partial charge < -0.3 is 10.1 Å². The number of nitriles is 1. The average molecular weight is 320 g/mol. The largest absolute Gasteiger partial charge is 0.471 e. The average Bonchev–Trinajstić information content (AvgIpc) is 3.26. The Morgan fingerprint density at radius 1 is 1.29 bits per heavy atom. The first-order valence-electron chi connectivity index (χ1n) is 7.95. The van der Waals surface area contributed by atoms with Crippen LogP contribution in [-0.2, 0) is 12.8 Å². The van der Waals surface area contributed by atoms with Crippen molar-refractivity contribution in [1.82, 2.24) is 20.3 Å². The molecule has 1 N–H and O–H groups in total. The summed E-state index contributed by atoms with van der Waals surface area (Å²) in [6.07, 6.45) is 7.62. The van der Waals surface area contributed by atoms with Crippen LogP contribution in [0.15, 0.2) is 23.5 Å². The molecule has 0 bridgehead atoms. The SMILES string of the molecule is N#Cc1ncc(Cc2cc3c(cn2)N=CC3)nc1O[C@@H]1CCNC1. The number of pyridine rings is 1. The summed E-state index contributed by atoms with van der Waals surface area (Å²) in [4.78, 5) is 17.4. The van der Waals surface area contributed by atoms with Crippen molar-refractivity contribution in [2.45, 2.75) is 25.4 Å². The highest BCUT2D eigenvalue weighted by molar-refractivity contribution is 5.75. The van der Waals surface area contributed by atoms with Crippen molar-refractivity contribution in [1.29, 1.82) is 5.26 Å². The molecule has 1 fully saturated rings. The van der Waals surface area contributed by atoms with E-state index in [0.29, 0.717) is 12.3 Å². The maximum Gasteiger partial charge on any atom is 0.251 e. The van der Waals surface area contributed by atoms with E-state index in [1.807, 2.05) is 18.4 Å². The van der Waals surface area contributed by atoms with Crippen LogP contribution in [0.3, 0.4) is 0 Å². The number of aliphatic imine (C=N–C) groups is 1. The Morgan fingerprint density at radius 3 is 3.08 bits per heavy atom. The molecule has 4 rings (SSSR count). The van der Waals surface area contributed by atoms with Gasteiger partial charge in [-0.05, 0) is 24.6 Å². The van der Waals surface area contributed by atoms with Gasteiger partial charge in [0.1, 0.15) is 12.2 Å². The van der Waals surface area contributed by atoms with Crippen molar-refractivity contribution in [3.63, 3.8) is 0 Å². The van der Waals surface area contributed by atoms with Gasteiger partial charge in [-0.25, -0.2) is 9.97 Å². The molecule has 0 spiro atoms. The summed E-state index contributed by atoms with van der Waals surface area (Å²) < 4.78 is 5.85. The highest BCUT2D eigenvalue weighted by Crippen LogP contribution is 2.24. The van der Waals surface area contributed by atoms with Crippen LogP contribution in [0, 0.1) is 11.3 Å². The highest BCUT2D eigenvalue weighted by Gasteiger charge is 2.19. The second-order valence-electron chi connectivity index (χ2n) is 5.86. The zero-order valence-corrected chi connectivity index (χ0v) is 13.1. The van der Waals surface area contributed by atoms with E-state index in [1.165, 1.54) is 5.56 Å². The van der Waals surface area contributed by atoms with E-state index in [-0.39, 0.29) is 11.8 Å². The lowest BCUT2D eigenvalue weighted by molar-refractivity contribution is 0.212. The van der Waals surface area contributed by atoms with Gasteiger partial charge in [0.05, 0.1) is 23.8 Å². The smallest absolute Gasteiger partial charge is 0.251 e. The maximum absolute atomic E-state index is 9.20. The van der Waals surface area contributed by atoms with Gasteiger partial charge in [0.15, 0.2) is 0 Å². The first kappa shape index (κ1) is 14.7. The summed E-state index contributed by atoms with van der Waals surface area (Å²) >= 11 is 0. The van der Waals surface area contributed by atoms with Gasteiger partial charge in [-0.3, -0.25) is 9.98 Å². The topological polar surface area (TPSA) is 96.1 Å². The number of hydrogen-bond acceptors (Lipinski definition) is 7. The van der Waals surface area contributed by atoms with Crippen LogP contribution in [0.25, 0.3) is 0 Å². The molecule has 7 nitrogen and oxygen atoms in total. The lowest BCUT2D eigenvalue weighted by Gasteiger charge is -2.13. The molecular weight excluding hydrogens is 304 g/mol. The number of rotatable bonds is 4. The Bertz CT molecular complexity index is 835. The fourth-order valence-electron chi connectivity index (χ4n) is 2.88. The Kier molecular flexibility index (Phi) is 3.89. The van der Waals surface area contributed by atoms with E-state index < -0.39 is 0 Å². The van der Waals surface area contributed by atoms with Crippen molar-refractivity contribution < 1.29 is 4.74 Å². The minimum absolute atomic E-state index is 0.0388. The number of hydrogen-bond donors (Lipinski definition) is 1. The lowest BCUT2D eigenvalue weighted by atomic mass is 10.1. The van der Waals surface area contributed by atoms with E-state index in [4.69, 9.17) is 4.74 Å². The highest BCUT2D eigenvalue weighted by atomic mass is 16.5. The standard InChI is InChI=1S/C17H16N6O/c18-7-15-17(24-14-2-3-19-9-14)23-13(8-22-15)6-12-5-11-1-4-20-16(11)10-21-12/h4-5,8,10,14,19H,1-3,6,9H2/t14-/m1/s1. The molecule has 1 saturated heterocycles. The normalized spacial score (nSPS) is 18.4. The van der Waals surface area contributed by atoms with Gasteiger partial charge in [0.25, 0.3) is 5.88 Å². The quantitative estimate of drug-likeness (QED) is 0.913. The van der Waals surface area contributed by atoms with Gasteiger partial charge in [0, 0.05) is 31.3 Å². The molecule has 24 heavy (non-hydrogen) atoms. The molecule has 1 atom stereocenters. The second-order valence-corrected chi connectivity index (χ2v) is 5.86. The molecule has 2 aliphatic rings. The van der Waals surface area contributed by atoms with Crippen LogP contribution < -0.4 is 10.1 Å². The van der Waals surface area contributed by atoms with E-state index in [9.17, 15) is 5.26 Å². The molecule has 0 unspecified atom stereocenters. The number of nitrogens with one attached hydrogen (secondary N) is 1. The summed E-state index contributed by atoms with van der Waals surface area (Å²) in [5, 5.41) is 12.4. The monoisotopic (exact) mass is 320 g/mol. The van der Waals surface area contributed by atoms with E-state index in [0.717, 1.165) is 43.0 Å². The molecule has 0 aromatic carbocycles. The van der Waals surface area contributed by atoms with Gasteiger partial charge >= 0.3 is 0 Å². The van der Waals surface area contributed by atoms with Crippen molar-refractivity contribution in [2.24, 2.45) is 4.99 Å². The lowest BCUT2D eigenvalue weighted by Crippen LogP contribution is -2.21. The number of ether oxygens (including phenoxy) is 1. The predicted octanol–water partition coefficient (Wildman–Crippen LogP) is 1.33. The van der Waals surface area contributed by atoms with Crippen LogP contribution in [0.1, 0.15) is 29.1 Å². The minimum Gasteiger partial charge on any atom is -0.471 e. The fraction of sp³-hybridized carbons (Fsp3) is 0.353. The summed E-state index contributed by atoms with van der Waals surface area (Å²) in [6, 6.07) is 4.09. The Hall–Kier alpha value is -2.85. The summed E-state index contributed by atoms with van der Waals surface area (Å²) in [5.41, 5.74) is 3.98. The molecule has 0 aliphatic carbocycles. The zero-order chi connectivity index (χ0) is 16.4. The van der Waals surface area contributed by atoms with Crippen molar-refractivity contribution in [2.75, 3.05) is 13.1 Å². The molecule has 7 heteroatoms. The fourth-order valence-corrected chi connectivity index (χ4v) is 2.88. The number of fused-ring (bicyclic) bond motifs is 1. The predicted molar refractivity (Wildman–Crippen MR) is 87.5 cm³/mol. The van der Waals surface area contributed by atoms with Gasteiger partial charge in [-0.15, -0.1) is 0 Å². The van der Waals surface area contributed by atoms with E-state index in [1.54, 1.807) is 12.4 Å². The molecule has 0 radical (unpaired) electrons. The third kappa shape index (κ3) is 2.96. The van der Waals surface area contributed by atoms with Crippen LogP contribution in [-0.4, -0.2) is 40.4 Å². The van der Waals surface area contributed by atoms with Crippen LogP contribution >= 0.6 is 0 Å². The minimum atomic E-state index is 0.0388. The molecule has 2 aromatic heterocycles. The zero-order valence-electron chi connectivity index (χ0n) is 13.1. The molecule has 2 aromatic rings. The molecule has 0 amide bonds. The molecule has 0 saturated carbocycles. The van der Waals surface area contributed by atoms with Crippen LogP contribution in [0.5, 0.6) is 5.88 Å². The maximum atomic E-state index is 9.20. The molecular formula is C17H16N6O. The van der Waals surface area contributed by atoms with Gasteiger partial charge in [-0.2, -0.15) is 5.26 Å². The first-order chi connectivity index (χ1) is 11.8. The Labute approximate surface area is 139 Å². The molecule has 120 valence electrons. The van der Waals surface area contributed by atoms with Gasteiger partial charge in [-0.1, -0.05) is 0 Å². The van der Waals surface area contributed by atoms with Crippen molar-refractivity contribution in [3.05, 3.63) is 41.1 Å². The number of nitrogens with zero attached hydrogens (tertiary/aromatic N) is 5. The Balaban J connectivity index is 1.55. The molecule has 4 heterocycles. The third-order valence-corrected chi connectivity index (χ3v) is 4.12. The van der Waals surface area contributed by atoms with E-state index in [2.05, 4.69) is 25.3 Å². The first-order valence-corrected chi connectivity index (χ1v) is 7.95. The second kappa shape index (κ2) is 6.34. The summed E-state index contributed by atoms with van der Waals surface area (Å²) in [6.45, 7) is 1.68. The third-order valence-electron chi connectivity index (χ3n) is 4.12. The van der Waals surface area contributed by atoms with Crippen molar-refractivity contribution >= 4 is 11.9 Å². The summed E-state index contributed by atoms with van der Waals surface area (Å²) in [5.74, 6) is 0.313. The van der Waals surface area contributed by atoms with Crippen LogP contribution in [0.4, 0.5) is 5.69 Å². The van der Waals surface area contributed by atoms with Gasteiger partial charge in [0.2, 0.25) is 5.69 Å². The number of aromatic nitrogens is 3. The summed E-state index contributed by atoms with van der Waals surface area (Å²) in [7, 11) is 0. The van der Waals surface area contributed by atoms with Crippen LogP contribution in [0.2, 0.25) is 0 Å². The van der Waals surface area contributed by atoms with E-state index >= 15 is 0 Å². The van der Waals surface area contributed by atoms with Crippen molar-refractivity contribution in [3.8, 4) is 11.9 Å². The Morgan fingerprint density at radius 2 is 2.25 bits per heavy atom. The molecule has 2 aliphatic heterocycles.